The number of unbranched alkanes of at least 4 members (excludes halogenated alkanes) is 1. The lowest BCUT2D eigenvalue weighted by atomic mass is 10.1. The van der Waals surface area contributed by atoms with Gasteiger partial charge in [0.15, 0.2) is 0 Å². The highest BCUT2D eigenvalue weighted by Gasteiger charge is 2.11. The van der Waals surface area contributed by atoms with Gasteiger partial charge >= 0.3 is 5.97 Å². The molecule has 0 amide bonds. The van der Waals surface area contributed by atoms with Crippen molar-refractivity contribution in [2.45, 2.75) is 40.0 Å². The monoisotopic (exact) mass is 362 g/mol. The maximum atomic E-state index is 12.1. The fourth-order valence-electron chi connectivity index (χ4n) is 3.09. The summed E-state index contributed by atoms with van der Waals surface area (Å²) in [5.74, 6) is -0.314. The highest BCUT2D eigenvalue weighted by molar-refractivity contribution is 5.99. The zero-order valence-electron chi connectivity index (χ0n) is 16.2. The Morgan fingerprint density at radius 1 is 1.07 bits per heavy atom. The van der Waals surface area contributed by atoms with Crippen LogP contribution in [0.15, 0.2) is 48.5 Å². The summed E-state index contributed by atoms with van der Waals surface area (Å²) in [4.78, 5) is 16.7. The van der Waals surface area contributed by atoms with Crippen molar-refractivity contribution in [2.24, 2.45) is 0 Å². The second kappa shape index (κ2) is 8.67. The number of anilines is 2. The maximum absolute atomic E-state index is 12.1. The number of carbonyl (C=O) groups excluding carboxylic acids is 1. The van der Waals surface area contributed by atoms with Crippen LogP contribution in [0.1, 0.15) is 48.3 Å². The molecule has 3 rings (SSSR count). The number of benzene rings is 2. The lowest BCUT2D eigenvalue weighted by molar-refractivity contribution is 0.0526. The van der Waals surface area contributed by atoms with Crippen molar-refractivity contribution in [3.05, 3.63) is 65.4 Å². The van der Waals surface area contributed by atoms with E-state index in [2.05, 4.69) is 41.5 Å². The van der Waals surface area contributed by atoms with Gasteiger partial charge in [0.25, 0.3) is 0 Å². The predicted octanol–water partition coefficient (Wildman–Crippen LogP) is 5.81. The van der Waals surface area contributed by atoms with Crippen molar-refractivity contribution in [1.82, 2.24) is 4.98 Å². The highest BCUT2D eigenvalue weighted by atomic mass is 16.5. The lowest BCUT2D eigenvalue weighted by Gasteiger charge is -2.12. The molecule has 0 saturated carbocycles. The first-order chi connectivity index (χ1) is 13.1. The minimum absolute atomic E-state index is 0.314. The molecule has 0 aliphatic heterocycles. The third kappa shape index (κ3) is 4.64. The van der Waals surface area contributed by atoms with E-state index in [1.165, 1.54) is 18.4 Å². The lowest BCUT2D eigenvalue weighted by Crippen LogP contribution is -2.05. The van der Waals surface area contributed by atoms with Crippen LogP contribution in [0, 0.1) is 6.92 Å². The van der Waals surface area contributed by atoms with Crippen LogP contribution in [0.5, 0.6) is 0 Å². The molecule has 0 aliphatic rings. The second-order valence-corrected chi connectivity index (χ2v) is 6.69. The Kier molecular flexibility index (Phi) is 6.07. The molecule has 0 saturated heterocycles. The average molecular weight is 362 g/mol. The van der Waals surface area contributed by atoms with Crippen molar-refractivity contribution in [3.63, 3.8) is 0 Å². The Balaban J connectivity index is 1.92. The summed E-state index contributed by atoms with van der Waals surface area (Å²) in [6.45, 7) is 6.34. The molecule has 140 valence electrons. The molecule has 27 heavy (non-hydrogen) atoms. The van der Waals surface area contributed by atoms with Crippen LogP contribution in [0.4, 0.5) is 11.4 Å². The summed E-state index contributed by atoms with van der Waals surface area (Å²) in [5, 5.41) is 4.38. The van der Waals surface area contributed by atoms with Crippen LogP contribution in [0.25, 0.3) is 10.9 Å². The van der Waals surface area contributed by atoms with Gasteiger partial charge in [-0.25, -0.2) is 4.79 Å². The van der Waals surface area contributed by atoms with Crippen molar-refractivity contribution in [2.75, 3.05) is 11.9 Å². The summed E-state index contributed by atoms with van der Waals surface area (Å²) in [5.41, 5.74) is 5.61. The number of aromatic nitrogens is 1. The number of fused-ring (bicyclic) bond motifs is 1. The van der Waals surface area contributed by atoms with Crippen molar-refractivity contribution in [3.8, 4) is 0 Å². The van der Waals surface area contributed by atoms with Crippen LogP contribution in [-0.4, -0.2) is 17.6 Å². The number of nitrogens with zero attached hydrogens (tertiary/aromatic N) is 1. The largest absolute Gasteiger partial charge is 0.462 e. The number of nitrogens with one attached hydrogen (secondary N) is 1. The van der Waals surface area contributed by atoms with E-state index in [0.29, 0.717) is 12.2 Å². The smallest absolute Gasteiger partial charge is 0.338 e. The zero-order chi connectivity index (χ0) is 19.2. The Morgan fingerprint density at radius 2 is 1.85 bits per heavy atom. The topological polar surface area (TPSA) is 51.2 Å². The molecule has 0 unspecified atom stereocenters. The van der Waals surface area contributed by atoms with Gasteiger partial charge in [-0.05, 0) is 68.7 Å². The predicted molar refractivity (Wildman–Crippen MR) is 111 cm³/mol. The molecule has 0 atom stereocenters. The Morgan fingerprint density at radius 3 is 2.56 bits per heavy atom. The molecular formula is C23H26N2O2. The second-order valence-electron chi connectivity index (χ2n) is 6.69. The molecule has 0 aliphatic carbocycles. The molecule has 0 radical (unpaired) electrons. The molecule has 1 heterocycles. The van der Waals surface area contributed by atoms with Gasteiger partial charge in [0.1, 0.15) is 0 Å². The molecule has 1 aromatic heterocycles. The summed E-state index contributed by atoms with van der Waals surface area (Å²) in [6, 6.07) is 16.0. The van der Waals surface area contributed by atoms with Crippen molar-refractivity contribution in [1.29, 1.82) is 0 Å². The molecule has 0 bridgehead atoms. The van der Waals surface area contributed by atoms with Gasteiger partial charge in [0.05, 0.1) is 17.7 Å². The van der Waals surface area contributed by atoms with Crippen LogP contribution in [0.2, 0.25) is 0 Å². The van der Waals surface area contributed by atoms with Gasteiger partial charge in [0, 0.05) is 22.5 Å². The van der Waals surface area contributed by atoms with Gasteiger partial charge < -0.3 is 10.1 Å². The Bertz CT molecular complexity index is 933. The summed E-state index contributed by atoms with van der Waals surface area (Å²) in [6.07, 6.45) is 3.51. The number of hydrogen-bond acceptors (Lipinski definition) is 4. The molecule has 2 aromatic carbocycles. The van der Waals surface area contributed by atoms with E-state index in [0.717, 1.165) is 34.4 Å². The molecule has 1 N–H and O–H groups in total. The number of hydrogen-bond donors (Lipinski definition) is 1. The molecular weight excluding hydrogens is 336 g/mol. The molecule has 4 nitrogen and oxygen atoms in total. The minimum Gasteiger partial charge on any atom is -0.462 e. The number of rotatable bonds is 7. The average Bonchev–Trinajstić information content (AvgIpc) is 2.67. The SMILES string of the molecule is CCCCc1ccc(Nc2cc(C)nc3ccc(C(=O)OCC)cc23)cc1. The first-order valence-corrected chi connectivity index (χ1v) is 9.55. The normalized spacial score (nSPS) is 10.8. The third-order valence-electron chi connectivity index (χ3n) is 4.50. The van der Waals surface area contributed by atoms with E-state index in [-0.39, 0.29) is 5.97 Å². The van der Waals surface area contributed by atoms with Crippen LogP contribution in [-0.2, 0) is 11.2 Å². The maximum Gasteiger partial charge on any atom is 0.338 e. The summed E-state index contributed by atoms with van der Waals surface area (Å²) in [7, 11) is 0. The van der Waals surface area contributed by atoms with Crippen molar-refractivity contribution >= 4 is 28.2 Å². The van der Waals surface area contributed by atoms with Gasteiger partial charge in [-0.1, -0.05) is 25.5 Å². The number of carbonyl (C=O) groups is 1. The van der Waals surface area contributed by atoms with Gasteiger partial charge in [-0.15, -0.1) is 0 Å². The van der Waals surface area contributed by atoms with E-state index in [9.17, 15) is 4.79 Å². The van der Waals surface area contributed by atoms with Gasteiger partial charge in [-0.2, -0.15) is 0 Å². The van der Waals surface area contributed by atoms with Gasteiger partial charge in [0.2, 0.25) is 0 Å². The van der Waals surface area contributed by atoms with E-state index in [1.54, 1.807) is 13.0 Å². The van der Waals surface area contributed by atoms with E-state index >= 15 is 0 Å². The quantitative estimate of drug-likeness (QED) is 0.539. The van der Waals surface area contributed by atoms with E-state index in [4.69, 9.17) is 4.74 Å². The fourth-order valence-corrected chi connectivity index (χ4v) is 3.09. The summed E-state index contributed by atoms with van der Waals surface area (Å²) >= 11 is 0. The molecule has 0 spiro atoms. The number of pyridine rings is 1. The zero-order valence-corrected chi connectivity index (χ0v) is 16.2. The van der Waals surface area contributed by atoms with E-state index < -0.39 is 0 Å². The number of aryl methyl sites for hydroxylation is 2. The third-order valence-corrected chi connectivity index (χ3v) is 4.50. The van der Waals surface area contributed by atoms with E-state index in [1.807, 2.05) is 25.1 Å². The highest BCUT2D eigenvalue weighted by Crippen LogP contribution is 2.28. The standard InChI is InChI=1S/C23H26N2O2/c1-4-6-7-17-8-11-19(12-9-17)25-22-14-16(3)24-21-13-10-18(15-20(21)22)23(26)27-5-2/h8-15H,4-7H2,1-3H3,(H,24,25). The Hall–Kier alpha value is -2.88. The van der Waals surface area contributed by atoms with Crippen LogP contribution < -0.4 is 5.32 Å². The molecule has 4 heteroatoms. The number of esters is 1. The summed E-state index contributed by atoms with van der Waals surface area (Å²) < 4.78 is 5.12. The minimum atomic E-state index is -0.314. The fraction of sp³-hybridized carbons (Fsp3) is 0.304. The van der Waals surface area contributed by atoms with Gasteiger partial charge in [-0.3, -0.25) is 4.98 Å². The Labute approximate surface area is 160 Å². The first-order valence-electron chi connectivity index (χ1n) is 9.55. The first kappa shape index (κ1) is 18.9. The van der Waals surface area contributed by atoms with Crippen LogP contribution in [0.3, 0.4) is 0 Å². The van der Waals surface area contributed by atoms with Crippen molar-refractivity contribution < 1.29 is 9.53 Å². The number of ether oxygens (including phenoxy) is 1. The van der Waals surface area contributed by atoms with Crippen LogP contribution >= 0.6 is 0 Å². The molecule has 3 aromatic rings. The molecule has 0 fully saturated rings.